The molecule has 0 atom stereocenters. The Morgan fingerprint density at radius 3 is 2.93 bits per heavy atom. The minimum Gasteiger partial charge on any atom is -0.287 e. The number of hydrogen-bond acceptors (Lipinski definition) is 4. The number of nitrogens with zero attached hydrogens (tertiary/aromatic N) is 3. The molecule has 1 heterocycles. The van der Waals surface area contributed by atoms with E-state index in [0.717, 1.165) is 10.7 Å². The highest BCUT2D eigenvalue weighted by Crippen LogP contribution is 2.18. The summed E-state index contributed by atoms with van der Waals surface area (Å²) in [6.45, 7) is 4.18. The molecular weight excluding hydrogens is 198 g/mol. The number of amidine groups is 1. The highest BCUT2D eigenvalue weighted by Gasteiger charge is 2.12. The molecule has 0 aromatic carbocycles. The summed E-state index contributed by atoms with van der Waals surface area (Å²) >= 11 is 1.51. The third kappa shape index (κ3) is 2.30. The molecule has 0 radical (unpaired) electrons. The van der Waals surface area contributed by atoms with Crippen LogP contribution in [0.15, 0.2) is 10.4 Å². The molecule has 0 unspecified atom stereocenters. The number of thiazole rings is 1. The maximum absolute atomic E-state index is 6.80. The zero-order valence-electron chi connectivity index (χ0n) is 9.81. The Hall–Kier alpha value is -0.940. The second-order valence-corrected chi connectivity index (χ2v) is 4.14. The van der Waals surface area contributed by atoms with Crippen molar-refractivity contribution >= 4 is 17.2 Å². The van der Waals surface area contributed by atoms with Gasteiger partial charge in [0.05, 0.1) is 5.69 Å². The number of aliphatic imine (C=N–C) groups is 1. The highest BCUT2D eigenvalue weighted by atomic mass is 32.1. The fourth-order valence-corrected chi connectivity index (χ4v) is 2.07. The predicted octanol–water partition coefficient (Wildman–Crippen LogP) is 1.96. The number of rotatable bonds is 3. The Kier molecular flexibility index (Phi) is 3.10. The van der Waals surface area contributed by atoms with Crippen LogP contribution >= 0.6 is 11.3 Å². The summed E-state index contributed by atoms with van der Waals surface area (Å²) in [5, 5.41) is 8.40. The molecule has 0 bridgehead atoms. The molecule has 0 amide bonds. The fourth-order valence-electron chi connectivity index (χ4n) is 1.03. The minimum atomic E-state index is 0.398. The lowest BCUT2D eigenvalue weighted by Crippen LogP contribution is -2.23. The van der Waals surface area contributed by atoms with Crippen molar-refractivity contribution in [1.29, 1.82) is 0 Å². The lowest BCUT2D eigenvalue weighted by atomic mass is 10.2. The normalized spacial score (nSPS) is 13.2. The molecule has 1 rings (SSSR count). The molecule has 4 nitrogen and oxygen atoms in total. The average molecular weight is 214 g/mol. The smallest absolute Gasteiger partial charge is 0.246 e. The van der Waals surface area contributed by atoms with E-state index in [9.17, 15) is 0 Å². The fraction of sp³-hybridized carbons (Fsp3) is 0.556. The second kappa shape index (κ2) is 4.52. The zero-order valence-corrected chi connectivity index (χ0v) is 9.63. The first-order valence-electron chi connectivity index (χ1n) is 4.80. The first kappa shape index (κ1) is 9.61. The van der Waals surface area contributed by atoms with E-state index in [1.165, 1.54) is 16.4 Å². The Bertz CT molecular complexity index is 351. The van der Waals surface area contributed by atoms with Gasteiger partial charge in [-0.2, -0.15) is 0 Å². The summed E-state index contributed by atoms with van der Waals surface area (Å²) in [6, 6.07) is 0. The SMILES string of the molecule is [2H]ON(C)C(=NC)c1nc(C(C)C)cs1. The Labute approximate surface area is 89.4 Å². The van der Waals surface area contributed by atoms with E-state index in [-0.39, 0.29) is 0 Å². The summed E-state index contributed by atoms with van der Waals surface area (Å²) in [7, 11) is 3.28. The molecule has 0 spiro atoms. The quantitative estimate of drug-likeness (QED) is 0.475. The maximum Gasteiger partial charge on any atom is 0.246 e. The standard InChI is InChI=1S/C9H15N3OS/c1-6(2)7-5-14-9(11-7)8(10-3)12(4)13/h5-6,13H,1-4H3/i13D. The molecular formula is C9H15N3OS. The molecule has 0 aliphatic rings. The Morgan fingerprint density at radius 2 is 2.50 bits per heavy atom. The lowest BCUT2D eigenvalue weighted by molar-refractivity contribution is 0.0142. The van der Waals surface area contributed by atoms with Crippen LogP contribution in [0, 0.1) is 0 Å². The summed E-state index contributed by atoms with van der Waals surface area (Å²) in [5.74, 6) is 0.970. The monoisotopic (exact) mass is 214 g/mol. The van der Waals surface area contributed by atoms with Gasteiger partial charge in [0, 0.05) is 19.5 Å². The van der Waals surface area contributed by atoms with Gasteiger partial charge in [0.2, 0.25) is 1.43 Å². The van der Waals surface area contributed by atoms with Gasteiger partial charge in [-0.05, 0) is 5.92 Å². The summed E-state index contributed by atoms with van der Waals surface area (Å²) in [5.41, 5.74) is 1.04. The highest BCUT2D eigenvalue weighted by molar-refractivity contribution is 7.11. The van der Waals surface area contributed by atoms with Gasteiger partial charge in [-0.3, -0.25) is 10.2 Å². The van der Waals surface area contributed by atoms with E-state index in [1.807, 2.05) is 5.38 Å². The summed E-state index contributed by atoms with van der Waals surface area (Å²) in [4.78, 5) is 8.48. The van der Waals surface area contributed by atoms with Gasteiger partial charge in [0.15, 0.2) is 10.8 Å². The van der Waals surface area contributed by atoms with Crippen LogP contribution in [0.4, 0.5) is 0 Å². The van der Waals surface area contributed by atoms with E-state index in [4.69, 9.17) is 1.43 Å². The molecule has 0 saturated carbocycles. The minimum absolute atomic E-state index is 0.398. The molecule has 14 heavy (non-hydrogen) atoms. The molecule has 0 aliphatic heterocycles. The van der Waals surface area contributed by atoms with Gasteiger partial charge >= 0.3 is 0 Å². The van der Waals surface area contributed by atoms with Crippen molar-refractivity contribution in [1.82, 2.24) is 10.0 Å². The molecule has 78 valence electrons. The predicted molar refractivity (Wildman–Crippen MR) is 58.2 cm³/mol. The van der Waals surface area contributed by atoms with Gasteiger partial charge in [-0.1, -0.05) is 13.8 Å². The Balaban J connectivity index is 2.94. The maximum atomic E-state index is 6.80. The van der Waals surface area contributed by atoms with Crippen molar-refractivity contribution in [3.8, 4) is 0 Å². The van der Waals surface area contributed by atoms with Crippen molar-refractivity contribution in [3.63, 3.8) is 0 Å². The van der Waals surface area contributed by atoms with Gasteiger partial charge < -0.3 is 0 Å². The summed E-state index contributed by atoms with van der Waals surface area (Å²) < 4.78 is 6.80. The lowest BCUT2D eigenvalue weighted by Gasteiger charge is -2.09. The van der Waals surface area contributed by atoms with Crippen LogP contribution < -0.4 is 0 Å². The van der Waals surface area contributed by atoms with E-state index in [2.05, 4.69) is 29.0 Å². The van der Waals surface area contributed by atoms with E-state index >= 15 is 0 Å². The number of hydrogen-bond donors (Lipinski definition) is 1. The van der Waals surface area contributed by atoms with Gasteiger partial charge in [-0.25, -0.2) is 10.0 Å². The molecule has 0 saturated heterocycles. The first-order chi connectivity index (χ1) is 7.10. The third-order valence-corrected chi connectivity index (χ3v) is 2.67. The number of aromatic nitrogens is 1. The number of hydroxylamine groups is 2. The molecule has 1 N–H and O–H groups in total. The topological polar surface area (TPSA) is 48.7 Å². The second-order valence-electron chi connectivity index (χ2n) is 3.28. The van der Waals surface area contributed by atoms with Crippen molar-refractivity contribution in [2.24, 2.45) is 4.99 Å². The van der Waals surface area contributed by atoms with Crippen LogP contribution in [-0.2, 0) is 0 Å². The molecule has 1 aromatic rings. The summed E-state index contributed by atoms with van der Waals surface area (Å²) in [6.07, 6.45) is 0. The molecule has 1 aromatic heterocycles. The van der Waals surface area contributed by atoms with Crippen molar-refractivity contribution in [2.45, 2.75) is 19.8 Å². The first-order valence-corrected chi connectivity index (χ1v) is 5.27. The Morgan fingerprint density at radius 1 is 1.79 bits per heavy atom. The van der Waals surface area contributed by atoms with Crippen LogP contribution in [0.25, 0.3) is 0 Å². The molecule has 0 aliphatic carbocycles. The van der Waals surface area contributed by atoms with E-state index in [1.54, 1.807) is 14.1 Å². The molecule has 5 heteroatoms. The van der Waals surface area contributed by atoms with Gasteiger partial charge in [0.25, 0.3) is 0 Å². The van der Waals surface area contributed by atoms with E-state index < -0.39 is 0 Å². The van der Waals surface area contributed by atoms with Crippen LogP contribution in [0.5, 0.6) is 0 Å². The van der Waals surface area contributed by atoms with Crippen molar-refractivity contribution < 1.29 is 6.64 Å². The van der Waals surface area contributed by atoms with Gasteiger partial charge in [0.1, 0.15) is 0 Å². The van der Waals surface area contributed by atoms with Crippen molar-refractivity contribution in [2.75, 3.05) is 14.1 Å². The third-order valence-electron chi connectivity index (χ3n) is 1.81. The van der Waals surface area contributed by atoms with Crippen LogP contribution in [0.2, 0.25) is 1.43 Å². The zero-order chi connectivity index (χ0) is 11.4. The van der Waals surface area contributed by atoms with Crippen LogP contribution in [0.1, 0.15) is 30.5 Å². The van der Waals surface area contributed by atoms with Crippen LogP contribution in [0.3, 0.4) is 0 Å². The largest absolute Gasteiger partial charge is 0.287 e. The van der Waals surface area contributed by atoms with Crippen LogP contribution in [-0.4, -0.2) is 35.2 Å². The van der Waals surface area contributed by atoms with E-state index in [0.29, 0.717) is 11.8 Å². The molecule has 0 fully saturated rings. The average Bonchev–Trinajstić information content (AvgIpc) is 2.68. The van der Waals surface area contributed by atoms with Gasteiger partial charge in [-0.15, -0.1) is 11.3 Å². The van der Waals surface area contributed by atoms with Crippen molar-refractivity contribution in [3.05, 3.63) is 16.1 Å².